The van der Waals surface area contributed by atoms with Crippen molar-refractivity contribution in [3.63, 3.8) is 0 Å². The minimum absolute atomic E-state index is 0.0337. The first kappa shape index (κ1) is 16.3. The van der Waals surface area contributed by atoms with Crippen LogP contribution in [-0.4, -0.2) is 33.9 Å². The number of nitrogens with zero attached hydrogens (tertiary/aromatic N) is 4. The second-order valence-electron chi connectivity index (χ2n) is 6.90. The van der Waals surface area contributed by atoms with E-state index in [2.05, 4.69) is 14.9 Å². The van der Waals surface area contributed by atoms with Crippen LogP contribution in [0.1, 0.15) is 28.9 Å². The predicted molar refractivity (Wildman–Crippen MR) is 97.5 cm³/mol. The van der Waals surface area contributed by atoms with Gasteiger partial charge in [-0.3, -0.25) is 14.8 Å². The van der Waals surface area contributed by atoms with Gasteiger partial charge in [-0.1, -0.05) is 11.6 Å². The Morgan fingerprint density at radius 2 is 2.16 bits per heavy atom. The summed E-state index contributed by atoms with van der Waals surface area (Å²) in [6.45, 7) is 6.80. The third kappa shape index (κ3) is 2.86. The smallest absolute Gasteiger partial charge is 0.228 e. The third-order valence-corrected chi connectivity index (χ3v) is 5.86. The van der Waals surface area contributed by atoms with Crippen molar-refractivity contribution in [3.8, 4) is 0 Å². The number of anilines is 1. The van der Waals surface area contributed by atoms with Gasteiger partial charge >= 0.3 is 0 Å². The molecule has 0 aliphatic carbocycles. The molecule has 0 saturated carbocycles. The Hall–Kier alpha value is -2.14. The van der Waals surface area contributed by atoms with Crippen molar-refractivity contribution in [1.82, 2.24) is 14.9 Å². The Bertz CT molecular complexity index is 824. The second kappa shape index (κ2) is 6.30. The van der Waals surface area contributed by atoms with E-state index in [0.717, 1.165) is 52.7 Å². The van der Waals surface area contributed by atoms with Crippen LogP contribution in [-0.2, 0) is 17.9 Å². The minimum atomic E-state index is 0.0337. The van der Waals surface area contributed by atoms with Gasteiger partial charge in [0.2, 0.25) is 5.91 Å². The van der Waals surface area contributed by atoms with Crippen LogP contribution in [0.5, 0.6) is 0 Å². The Balaban J connectivity index is 1.47. The average molecular weight is 357 g/mol. The SMILES string of the molecule is Cc1nc2c(c(C)c1Cl)CN(C(=O)[C@@H]1CCN(c3cccnc3)C1)C2. The molecule has 5 nitrogen and oxygen atoms in total. The quantitative estimate of drug-likeness (QED) is 0.829. The first-order valence-electron chi connectivity index (χ1n) is 8.63. The fourth-order valence-corrected chi connectivity index (χ4v) is 4.01. The topological polar surface area (TPSA) is 49.3 Å². The summed E-state index contributed by atoms with van der Waals surface area (Å²) in [7, 11) is 0. The molecule has 0 bridgehead atoms. The lowest BCUT2D eigenvalue weighted by molar-refractivity contribution is -0.135. The molecule has 6 heteroatoms. The van der Waals surface area contributed by atoms with Crippen LogP contribution in [0.15, 0.2) is 24.5 Å². The molecule has 2 aromatic heterocycles. The van der Waals surface area contributed by atoms with Gasteiger partial charge in [-0.2, -0.15) is 0 Å². The van der Waals surface area contributed by atoms with Gasteiger partial charge in [0.1, 0.15) is 0 Å². The van der Waals surface area contributed by atoms with Crippen molar-refractivity contribution in [1.29, 1.82) is 0 Å². The fourth-order valence-electron chi connectivity index (χ4n) is 3.86. The van der Waals surface area contributed by atoms with Crippen molar-refractivity contribution in [2.24, 2.45) is 5.92 Å². The molecule has 0 radical (unpaired) electrons. The van der Waals surface area contributed by atoms with Gasteiger partial charge in [0.05, 0.1) is 40.8 Å². The maximum absolute atomic E-state index is 13.0. The summed E-state index contributed by atoms with van der Waals surface area (Å²) in [6.07, 6.45) is 4.51. The number of hydrogen-bond donors (Lipinski definition) is 0. The molecule has 25 heavy (non-hydrogen) atoms. The molecule has 2 aliphatic rings. The molecular formula is C19H21ClN4O. The number of aromatic nitrogens is 2. The lowest BCUT2D eigenvalue weighted by atomic mass is 10.1. The fraction of sp³-hybridized carbons (Fsp3) is 0.421. The van der Waals surface area contributed by atoms with Gasteiger partial charge in [0.15, 0.2) is 0 Å². The highest BCUT2D eigenvalue weighted by Gasteiger charge is 2.35. The van der Waals surface area contributed by atoms with E-state index in [4.69, 9.17) is 11.6 Å². The number of hydrogen-bond acceptors (Lipinski definition) is 4. The maximum atomic E-state index is 13.0. The largest absolute Gasteiger partial charge is 0.369 e. The zero-order valence-corrected chi connectivity index (χ0v) is 15.3. The van der Waals surface area contributed by atoms with Crippen LogP contribution < -0.4 is 4.90 Å². The highest BCUT2D eigenvalue weighted by Crippen LogP contribution is 2.32. The van der Waals surface area contributed by atoms with Crippen LogP contribution in [0.4, 0.5) is 5.69 Å². The lowest BCUT2D eigenvalue weighted by Gasteiger charge is -2.21. The van der Waals surface area contributed by atoms with Crippen LogP contribution in [0.25, 0.3) is 0 Å². The van der Waals surface area contributed by atoms with E-state index in [1.165, 1.54) is 0 Å². The van der Waals surface area contributed by atoms with Gasteiger partial charge in [0, 0.05) is 25.8 Å². The Morgan fingerprint density at radius 1 is 1.32 bits per heavy atom. The molecule has 0 aromatic carbocycles. The summed E-state index contributed by atoms with van der Waals surface area (Å²) in [5.74, 6) is 0.254. The van der Waals surface area contributed by atoms with Crippen LogP contribution >= 0.6 is 11.6 Å². The van der Waals surface area contributed by atoms with Gasteiger partial charge in [-0.05, 0) is 43.5 Å². The minimum Gasteiger partial charge on any atom is -0.369 e. The highest BCUT2D eigenvalue weighted by molar-refractivity contribution is 6.32. The molecule has 1 fully saturated rings. The standard InChI is InChI=1S/C19H21ClN4O/c1-12-16-10-24(11-17(16)22-13(2)18(12)20)19(25)14-5-7-23(9-14)15-4-3-6-21-8-15/h3-4,6,8,14H,5,7,9-11H2,1-2H3/t14-/m1/s1. The molecule has 0 spiro atoms. The number of amides is 1. The summed E-state index contributed by atoms with van der Waals surface area (Å²) in [5.41, 5.74) is 5.10. The van der Waals surface area contributed by atoms with Crippen molar-refractivity contribution < 1.29 is 4.79 Å². The van der Waals surface area contributed by atoms with Crippen molar-refractivity contribution in [2.45, 2.75) is 33.4 Å². The normalized spacial score (nSPS) is 19.4. The zero-order valence-electron chi connectivity index (χ0n) is 14.5. The Morgan fingerprint density at radius 3 is 2.92 bits per heavy atom. The summed E-state index contributed by atoms with van der Waals surface area (Å²) < 4.78 is 0. The van der Waals surface area contributed by atoms with Gasteiger partial charge in [-0.15, -0.1) is 0 Å². The summed E-state index contributed by atoms with van der Waals surface area (Å²) in [5, 5.41) is 0.719. The van der Waals surface area contributed by atoms with Gasteiger partial charge in [-0.25, -0.2) is 0 Å². The van der Waals surface area contributed by atoms with Crippen LogP contribution in [0, 0.1) is 19.8 Å². The van der Waals surface area contributed by atoms with Crippen LogP contribution in [0.2, 0.25) is 5.02 Å². The number of carbonyl (C=O) groups is 1. The number of carbonyl (C=O) groups excluding carboxylic acids is 1. The average Bonchev–Trinajstić information content (AvgIpc) is 3.27. The predicted octanol–water partition coefficient (Wildman–Crippen LogP) is 3.12. The molecule has 4 rings (SSSR count). The number of rotatable bonds is 2. The molecule has 1 atom stereocenters. The Kier molecular flexibility index (Phi) is 4.12. The summed E-state index contributed by atoms with van der Waals surface area (Å²) >= 11 is 6.32. The summed E-state index contributed by atoms with van der Waals surface area (Å²) in [4.78, 5) is 25.9. The van der Waals surface area contributed by atoms with Crippen molar-refractivity contribution >= 4 is 23.2 Å². The zero-order chi connectivity index (χ0) is 17.6. The first-order valence-corrected chi connectivity index (χ1v) is 9.00. The van der Waals surface area contributed by atoms with E-state index in [9.17, 15) is 4.79 Å². The molecule has 1 amide bonds. The van der Waals surface area contributed by atoms with E-state index < -0.39 is 0 Å². The molecule has 2 aliphatic heterocycles. The highest BCUT2D eigenvalue weighted by atomic mass is 35.5. The molecule has 0 N–H and O–H groups in total. The van der Waals surface area contributed by atoms with E-state index in [-0.39, 0.29) is 11.8 Å². The maximum Gasteiger partial charge on any atom is 0.228 e. The number of halogens is 1. The second-order valence-corrected chi connectivity index (χ2v) is 7.28. The van der Waals surface area contributed by atoms with Gasteiger partial charge in [0.25, 0.3) is 0 Å². The van der Waals surface area contributed by atoms with Crippen molar-refractivity contribution in [2.75, 3.05) is 18.0 Å². The van der Waals surface area contributed by atoms with E-state index >= 15 is 0 Å². The number of aryl methyl sites for hydroxylation is 1. The molecule has 1 saturated heterocycles. The van der Waals surface area contributed by atoms with Crippen LogP contribution in [0.3, 0.4) is 0 Å². The number of pyridine rings is 2. The van der Waals surface area contributed by atoms with E-state index in [1.807, 2.05) is 37.1 Å². The van der Waals surface area contributed by atoms with E-state index in [0.29, 0.717) is 13.1 Å². The molecule has 2 aromatic rings. The molecule has 4 heterocycles. The van der Waals surface area contributed by atoms with Gasteiger partial charge < -0.3 is 9.80 Å². The van der Waals surface area contributed by atoms with E-state index in [1.54, 1.807) is 6.20 Å². The monoisotopic (exact) mass is 356 g/mol. The lowest BCUT2D eigenvalue weighted by Crippen LogP contribution is -2.34. The third-order valence-electron chi connectivity index (χ3n) is 5.30. The van der Waals surface area contributed by atoms with Crippen molar-refractivity contribution in [3.05, 3.63) is 52.1 Å². The Labute approximate surface area is 152 Å². The summed E-state index contributed by atoms with van der Waals surface area (Å²) in [6, 6.07) is 3.98. The molecule has 130 valence electrons. The first-order chi connectivity index (χ1) is 12.0. The number of fused-ring (bicyclic) bond motifs is 1. The molecular weight excluding hydrogens is 336 g/mol. The molecule has 0 unspecified atom stereocenters.